The predicted octanol–water partition coefficient (Wildman–Crippen LogP) is 4.34. The molecular formula is C18H19F3N4OS. The quantitative estimate of drug-likeness (QED) is 0.628. The molecule has 9 heteroatoms. The summed E-state index contributed by atoms with van der Waals surface area (Å²) in [4.78, 5) is 4.27. The van der Waals surface area contributed by atoms with E-state index in [9.17, 15) is 13.2 Å². The number of hydrogen-bond donors (Lipinski definition) is 1. The van der Waals surface area contributed by atoms with E-state index in [1.807, 2.05) is 12.3 Å². The SMILES string of the molecule is CCNC(c1cnc(SC)c(-c2cc(OC)n3nccc3c2)c1)C(F)(F)F. The molecule has 1 unspecified atom stereocenters. The zero-order valence-corrected chi connectivity index (χ0v) is 15.9. The van der Waals surface area contributed by atoms with E-state index >= 15 is 0 Å². The number of alkyl halides is 3. The molecular weight excluding hydrogens is 377 g/mol. The topological polar surface area (TPSA) is 51.5 Å². The van der Waals surface area contributed by atoms with Crippen molar-refractivity contribution in [3.05, 3.63) is 42.2 Å². The first-order valence-corrected chi connectivity index (χ1v) is 9.47. The van der Waals surface area contributed by atoms with Crippen LogP contribution in [0.15, 0.2) is 41.7 Å². The van der Waals surface area contributed by atoms with Crippen molar-refractivity contribution in [2.24, 2.45) is 0 Å². The van der Waals surface area contributed by atoms with Crippen molar-refractivity contribution in [2.45, 2.75) is 24.2 Å². The van der Waals surface area contributed by atoms with Crippen LogP contribution < -0.4 is 10.1 Å². The maximum absolute atomic E-state index is 13.5. The molecule has 0 amide bonds. The van der Waals surface area contributed by atoms with E-state index < -0.39 is 12.2 Å². The van der Waals surface area contributed by atoms with Crippen molar-refractivity contribution in [1.82, 2.24) is 19.9 Å². The summed E-state index contributed by atoms with van der Waals surface area (Å²) in [5.41, 5.74) is 2.19. The van der Waals surface area contributed by atoms with E-state index in [4.69, 9.17) is 4.74 Å². The van der Waals surface area contributed by atoms with Gasteiger partial charge >= 0.3 is 6.18 Å². The van der Waals surface area contributed by atoms with Crippen LogP contribution in [-0.2, 0) is 0 Å². The van der Waals surface area contributed by atoms with Crippen LogP contribution in [0.25, 0.3) is 16.6 Å². The number of halogens is 3. The Morgan fingerprint density at radius 1 is 1.30 bits per heavy atom. The molecule has 3 heterocycles. The highest BCUT2D eigenvalue weighted by atomic mass is 32.2. The zero-order valence-electron chi connectivity index (χ0n) is 15.0. The molecule has 0 spiro atoms. The van der Waals surface area contributed by atoms with E-state index in [1.165, 1.54) is 25.1 Å². The summed E-state index contributed by atoms with van der Waals surface area (Å²) in [6.45, 7) is 1.83. The summed E-state index contributed by atoms with van der Waals surface area (Å²) < 4.78 is 47.4. The Bertz CT molecular complexity index is 942. The fourth-order valence-electron chi connectivity index (χ4n) is 2.93. The van der Waals surface area contributed by atoms with Crippen LogP contribution in [0, 0.1) is 0 Å². The number of nitrogens with zero attached hydrogens (tertiary/aromatic N) is 3. The van der Waals surface area contributed by atoms with Gasteiger partial charge in [0.25, 0.3) is 0 Å². The second kappa shape index (κ2) is 7.77. The first kappa shape index (κ1) is 19.5. The number of rotatable bonds is 6. The van der Waals surface area contributed by atoms with Gasteiger partial charge in [-0.05, 0) is 42.1 Å². The highest BCUT2D eigenvalue weighted by Gasteiger charge is 2.40. The fraction of sp³-hybridized carbons (Fsp3) is 0.333. The fourth-order valence-corrected chi connectivity index (χ4v) is 3.48. The second-order valence-electron chi connectivity index (χ2n) is 5.81. The summed E-state index contributed by atoms with van der Waals surface area (Å²) >= 11 is 1.38. The standard InChI is InChI=1S/C18H19F3N4OS/c1-4-22-16(18(19,20)21)12-8-14(17(27-3)23-10-12)11-7-13-5-6-24-25(13)15(9-11)26-2/h5-10,16,22H,4H2,1-3H3. The number of pyridine rings is 2. The molecule has 1 N–H and O–H groups in total. The van der Waals surface area contributed by atoms with Gasteiger partial charge in [-0.3, -0.25) is 0 Å². The Kier molecular flexibility index (Phi) is 5.61. The number of thioether (sulfide) groups is 1. The molecule has 3 aromatic heterocycles. The summed E-state index contributed by atoms with van der Waals surface area (Å²) in [6.07, 6.45) is 0.343. The van der Waals surface area contributed by atoms with Crippen molar-refractivity contribution in [1.29, 1.82) is 0 Å². The van der Waals surface area contributed by atoms with Gasteiger partial charge < -0.3 is 10.1 Å². The van der Waals surface area contributed by atoms with Gasteiger partial charge in [-0.2, -0.15) is 18.3 Å². The minimum atomic E-state index is -4.41. The third-order valence-corrected chi connectivity index (χ3v) is 4.83. The van der Waals surface area contributed by atoms with Crippen LogP contribution in [0.3, 0.4) is 0 Å². The molecule has 0 saturated carbocycles. The lowest BCUT2D eigenvalue weighted by Gasteiger charge is -2.22. The Balaban J connectivity index is 2.17. The minimum absolute atomic E-state index is 0.0736. The number of aromatic nitrogens is 3. The van der Waals surface area contributed by atoms with E-state index in [2.05, 4.69) is 15.4 Å². The molecule has 0 saturated heterocycles. The molecule has 0 bridgehead atoms. The van der Waals surface area contributed by atoms with Gasteiger partial charge in [-0.15, -0.1) is 11.8 Å². The zero-order chi connectivity index (χ0) is 19.6. The van der Waals surface area contributed by atoms with Gasteiger partial charge in [0.1, 0.15) is 11.1 Å². The number of ether oxygens (including phenoxy) is 1. The third-order valence-electron chi connectivity index (χ3n) is 4.12. The predicted molar refractivity (Wildman–Crippen MR) is 99.2 cm³/mol. The minimum Gasteiger partial charge on any atom is -0.481 e. The lowest BCUT2D eigenvalue weighted by atomic mass is 10.0. The molecule has 27 heavy (non-hydrogen) atoms. The average Bonchev–Trinajstić information content (AvgIpc) is 3.12. The Morgan fingerprint density at radius 2 is 2.07 bits per heavy atom. The highest BCUT2D eigenvalue weighted by Crippen LogP contribution is 2.37. The van der Waals surface area contributed by atoms with Gasteiger partial charge in [0.15, 0.2) is 0 Å². The monoisotopic (exact) mass is 396 g/mol. The molecule has 1 atom stereocenters. The number of nitrogens with one attached hydrogen (secondary N) is 1. The maximum Gasteiger partial charge on any atom is 0.407 e. The van der Waals surface area contributed by atoms with Gasteiger partial charge in [0, 0.05) is 17.8 Å². The molecule has 0 aromatic carbocycles. The van der Waals surface area contributed by atoms with E-state index in [0.717, 1.165) is 11.1 Å². The lowest BCUT2D eigenvalue weighted by molar-refractivity contribution is -0.157. The smallest absolute Gasteiger partial charge is 0.407 e. The highest BCUT2D eigenvalue weighted by molar-refractivity contribution is 7.98. The van der Waals surface area contributed by atoms with Crippen molar-refractivity contribution >= 4 is 17.3 Å². The summed E-state index contributed by atoms with van der Waals surface area (Å²) in [7, 11) is 1.52. The Morgan fingerprint density at radius 3 is 2.70 bits per heavy atom. The van der Waals surface area contributed by atoms with Crippen LogP contribution >= 0.6 is 11.8 Å². The molecule has 144 valence electrons. The molecule has 0 aliphatic carbocycles. The van der Waals surface area contributed by atoms with Crippen molar-refractivity contribution in [3.8, 4) is 17.0 Å². The first-order valence-electron chi connectivity index (χ1n) is 8.25. The van der Waals surface area contributed by atoms with Crippen LogP contribution in [0.1, 0.15) is 18.5 Å². The van der Waals surface area contributed by atoms with Crippen LogP contribution in [0.4, 0.5) is 13.2 Å². The number of fused-ring (bicyclic) bond motifs is 1. The lowest BCUT2D eigenvalue weighted by Crippen LogP contribution is -2.34. The normalized spacial score (nSPS) is 13.1. The average molecular weight is 396 g/mol. The second-order valence-corrected chi connectivity index (χ2v) is 6.61. The van der Waals surface area contributed by atoms with Gasteiger partial charge in [0.05, 0.1) is 18.8 Å². The van der Waals surface area contributed by atoms with Gasteiger partial charge in [-0.1, -0.05) is 6.92 Å². The summed E-state index contributed by atoms with van der Waals surface area (Å²) in [6, 6.07) is 5.17. The van der Waals surface area contributed by atoms with E-state index in [-0.39, 0.29) is 12.1 Å². The largest absolute Gasteiger partial charge is 0.481 e. The molecule has 3 rings (SSSR count). The molecule has 3 aromatic rings. The maximum atomic E-state index is 13.5. The Labute approximate surface area is 158 Å². The van der Waals surface area contributed by atoms with Crippen molar-refractivity contribution in [2.75, 3.05) is 19.9 Å². The van der Waals surface area contributed by atoms with Crippen molar-refractivity contribution < 1.29 is 17.9 Å². The van der Waals surface area contributed by atoms with Gasteiger partial charge in [-0.25, -0.2) is 9.50 Å². The number of hydrogen-bond acceptors (Lipinski definition) is 5. The molecule has 5 nitrogen and oxygen atoms in total. The van der Waals surface area contributed by atoms with Crippen LogP contribution in [0.2, 0.25) is 0 Å². The summed E-state index contributed by atoms with van der Waals surface area (Å²) in [5, 5.41) is 7.31. The molecule has 0 radical (unpaired) electrons. The third kappa shape index (κ3) is 3.89. The molecule has 0 aliphatic rings. The van der Waals surface area contributed by atoms with E-state index in [0.29, 0.717) is 16.5 Å². The molecule has 0 fully saturated rings. The Hall–Kier alpha value is -2.26. The van der Waals surface area contributed by atoms with Crippen LogP contribution in [-0.4, -0.2) is 40.7 Å². The summed E-state index contributed by atoms with van der Waals surface area (Å²) in [5.74, 6) is 0.490. The van der Waals surface area contributed by atoms with Crippen LogP contribution in [0.5, 0.6) is 5.88 Å². The number of methoxy groups -OCH3 is 1. The van der Waals surface area contributed by atoms with E-state index in [1.54, 1.807) is 35.8 Å². The van der Waals surface area contributed by atoms with Gasteiger partial charge in [0.2, 0.25) is 5.88 Å². The van der Waals surface area contributed by atoms with Crippen molar-refractivity contribution in [3.63, 3.8) is 0 Å². The first-order chi connectivity index (χ1) is 12.9. The molecule has 0 aliphatic heterocycles.